The molecule has 0 heterocycles. The zero-order chi connectivity index (χ0) is 13.1. The van der Waals surface area contributed by atoms with Crippen molar-refractivity contribution >= 4 is 11.7 Å². The largest absolute Gasteiger partial charge is 0.478 e. The van der Waals surface area contributed by atoms with Crippen molar-refractivity contribution in [3.63, 3.8) is 0 Å². The number of carbonyl (C=O) groups is 1. The molecule has 1 aliphatic rings. The molecule has 1 aromatic carbocycles. The molecule has 2 N–H and O–H groups in total. The molecule has 0 aliphatic heterocycles. The minimum absolute atomic E-state index is 0.354. The van der Waals surface area contributed by atoms with Gasteiger partial charge in [-0.15, -0.1) is 0 Å². The molecule has 0 radical (unpaired) electrons. The lowest BCUT2D eigenvalue weighted by Crippen LogP contribution is -2.26. The fraction of sp³-hybridized carbons (Fsp3) is 0.533. The molecule has 1 aromatic rings. The average Bonchev–Trinajstić information content (AvgIpc) is 2.31. The topological polar surface area (TPSA) is 49.3 Å². The van der Waals surface area contributed by atoms with Crippen LogP contribution < -0.4 is 5.32 Å². The van der Waals surface area contributed by atoms with Gasteiger partial charge < -0.3 is 10.4 Å². The lowest BCUT2D eigenvalue weighted by molar-refractivity contribution is 0.0697. The van der Waals surface area contributed by atoms with Crippen molar-refractivity contribution in [2.45, 2.75) is 45.6 Å². The van der Waals surface area contributed by atoms with Crippen molar-refractivity contribution in [2.24, 2.45) is 5.92 Å². The number of hydrogen-bond donors (Lipinski definition) is 2. The standard InChI is InChI=1S/C15H21NO2/c1-10-4-3-5-13(8-10)16-14-9-12(15(17)18)7-6-11(14)2/h6-7,9-10,13,16H,3-5,8H2,1-2H3,(H,17,18). The fourth-order valence-corrected chi connectivity index (χ4v) is 2.70. The maximum atomic E-state index is 11.0. The Balaban J connectivity index is 2.12. The second kappa shape index (κ2) is 5.42. The maximum Gasteiger partial charge on any atom is 0.335 e. The summed E-state index contributed by atoms with van der Waals surface area (Å²) in [7, 11) is 0. The van der Waals surface area contributed by atoms with Gasteiger partial charge in [0.1, 0.15) is 0 Å². The average molecular weight is 247 g/mol. The highest BCUT2D eigenvalue weighted by molar-refractivity contribution is 5.89. The first-order chi connectivity index (χ1) is 8.56. The molecule has 2 unspecified atom stereocenters. The van der Waals surface area contributed by atoms with Crippen LogP contribution in [0.25, 0.3) is 0 Å². The first kappa shape index (κ1) is 12.9. The van der Waals surface area contributed by atoms with E-state index in [1.807, 2.05) is 13.0 Å². The Kier molecular flexibility index (Phi) is 3.90. The van der Waals surface area contributed by atoms with Crippen LogP contribution in [0.2, 0.25) is 0 Å². The monoisotopic (exact) mass is 247 g/mol. The van der Waals surface area contributed by atoms with Crippen molar-refractivity contribution in [3.8, 4) is 0 Å². The molecule has 3 heteroatoms. The molecule has 2 atom stereocenters. The molecule has 18 heavy (non-hydrogen) atoms. The van der Waals surface area contributed by atoms with E-state index in [4.69, 9.17) is 5.11 Å². The van der Waals surface area contributed by atoms with Gasteiger partial charge in [0.15, 0.2) is 0 Å². The SMILES string of the molecule is Cc1ccc(C(=O)O)cc1NC1CCCC(C)C1. The van der Waals surface area contributed by atoms with Gasteiger partial charge in [-0.25, -0.2) is 4.79 Å². The third-order valence-electron chi connectivity index (χ3n) is 3.78. The van der Waals surface area contributed by atoms with E-state index >= 15 is 0 Å². The van der Waals surface area contributed by atoms with Crippen LogP contribution in [0.4, 0.5) is 5.69 Å². The fourth-order valence-electron chi connectivity index (χ4n) is 2.70. The zero-order valence-electron chi connectivity index (χ0n) is 11.1. The van der Waals surface area contributed by atoms with Crippen LogP contribution in [-0.2, 0) is 0 Å². The highest BCUT2D eigenvalue weighted by atomic mass is 16.4. The Morgan fingerprint density at radius 2 is 2.17 bits per heavy atom. The van der Waals surface area contributed by atoms with E-state index in [0.717, 1.165) is 17.2 Å². The molecule has 98 valence electrons. The predicted octanol–water partition coefficient (Wildman–Crippen LogP) is 3.68. The van der Waals surface area contributed by atoms with Crippen molar-refractivity contribution in [1.82, 2.24) is 0 Å². The second-order valence-electron chi connectivity index (χ2n) is 5.45. The molecule has 2 rings (SSSR count). The highest BCUT2D eigenvalue weighted by Crippen LogP contribution is 2.27. The van der Waals surface area contributed by atoms with Crippen molar-refractivity contribution in [3.05, 3.63) is 29.3 Å². The van der Waals surface area contributed by atoms with E-state index in [1.165, 1.54) is 25.7 Å². The van der Waals surface area contributed by atoms with Crippen LogP contribution in [0.5, 0.6) is 0 Å². The van der Waals surface area contributed by atoms with Gasteiger partial charge in [0.25, 0.3) is 0 Å². The maximum absolute atomic E-state index is 11.0. The summed E-state index contributed by atoms with van der Waals surface area (Å²) in [5.41, 5.74) is 2.43. The summed E-state index contributed by atoms with van der Waals surface area (Å²) in [6, 6.07) is 5.76. The van der Waals surface area contributed by atoms with Crippen molar-refractivity contribution < 1.29 is 9.90 Å². The van der Waals surface area contributed by atoms with Crippen molar-refractivity contribution in [1.29, 1.82) is 0 Å². The van der Waals surface area contributed by atoms with Crippen LogP contribution in [0.1, 0.15) is 48.5 Å². The predicted molar refractivity (Wildman–Crippen MR) is 73.2 cm³/mol. The minimum atomic E-state index is -0.866. The summed E-state index contributed by atoms with van der Waals surface area (Å²) in [5.74, 6) is -0.103. The van der Waals surface area contributed by atoms with Gasteiger partial charge in [0, 0.05) is 11.7 Å². The number of carboxylic acid groups (broad SMARTS) is 1. The van der Waals surface area contributed by atoms with E-state index < -0.39 is 5.97 Å². The van der Waals surface area contributed by atoms with E-state index in [-0.39, 0.29) is 0 Å². The van der Waals surface area contributed by atoms with Crippen LogP contribution in [0.3, 0.4) is 0 Å². The molecule has 0 aromatic heterocycles. The number of rotatable bonds is 3. The van der Waals surface area contributed by atoms with Gasteiger partial charge in [0.2, 0.25) is 0 Å². The summed E-state index contributed by atoms with van der Waals surface area (Å²) in [6.07, 6.45) is 4.93. The van der Waals surface area contributed by atoms with Gasteiger partial charge in [-0.2, -0.15) is 0 Å². The third kappa shape index (κ3) is 3.03. The Morgan fingerprint density at radius 1 is 1.39 bits per heavy atom. The van der Waals surface area contributed by atoms with Crippen LogP contribution >= 0.6 is 0 Å². The number of aromatic carboxylic acids is 1. The molecule has 0 amide bonds. The van der Waals surface area contributed by atoms with E-state index in [1.54, 1.807) is 12.1 Å². The van der Waals surface area contributed by atoms with Gasteiger partial charge >= 0.3 is 5.97 Å². The number of hydrogen-bond acceptors (Lipinski definition) is 2. The molecule has 1 aliphatic carbocycles. The molecule has 3 nitrogen and oxygen atoms in total. The summed E-state index contributed by atoms with van der Waals surface area (Å²) in [6.45, 7) is 4.30. The molecule has 0 spiro atoms. The number of benzene rings is 1. The lowest BCUT2D eigenvalue weighted by atomic mass is 9.87. The Labute approximate surface area is 108 Å². The summed E-state index contributed by atoms with van der Waals surface area (Å²) in [5, 5.41) is 12.5. The number of nitrogens with one attached hydrogen (secondary N) is 1. The van der Waals surface area contributed by atoms with Crippen molar-refractivity contribution in [2.75, 3.05) is 5.32 Å². The van der Waals surface area contributed by atoms with Crippen LogP contribution in [0, 0.1) is 12.8 Å². The number of carboxylic acids is 1. The van der Waals surface area contributed by atoms with Crippen LogP contribution in [0.15, 0.2) is 18.2 Å². The highest BCUT2D eigenvalue weighted by Gasteiger charge is 2.19. The summed E-state index contributed by atoms with van der Waals surface area (Å²) < 4.78 is 0. The molecular weight excluding hydrogens is 226 g/mol. The molecular formula is C15H21NO2. The molecule has 1 saturated carbocycles. The zero-order valence-corrected chi connectivity index (χ0v) is 11.1. The van der Waals surface area contributed by atoms with E-state index in [0.29, 0.717) is 11.6 Å². The second-order valence-corrected chi connectivity index (χ2v) is 5.45. The Hall–Kier alpha value is -1.51. The molecule has 0 saturated heterocycles. The Bertz CT molecular complexity index is 442. The van der Waals surface area contributed by atoms with Gasteiger partial charge in [0.05, 0.1) is 5.56 Å². The molecule has 1 fully saturated rings. The van der Waals surface area contributed by atoms with E-state index in [9.17, 15) is 4.79 Å². The minimum Gasteiger partial charge on any atom is -0.478 e. The Morgan fingerprint density at radius 3 is 2.83 bits per heavy atom. The number of anilines is 1. The smallest absolute Gasteiger partial charge is 0.335 e. The summed E-state index contributed by atoms with van der Waals surface area (Å²) in [4.78, 5) is 11.0. The quantitative estimate of drug-likeness (QED) is 0.856. The normalized spacial score (nSPS) is 23.7. The first-order valence-electron chi connectivity index (χ1n) is 6.66. The van der Waals surface area contributed by atoms with E-state index in [2.05, 4.69) is 12.2 Å². The van der Waals surface area contributed by atoms with Gasteiger partial charge in [-0.05, 0) is 43.4 Å². The third-order valence-corrected chi connectivity index (χ3v) is 3.78. The first-order valence-corrected chi connectivity index (χ1v) is 6.66. The lowest BCUT2D eigenvalue weighted by Gasteiger charge is -2.29. The van der Waals surface area contributed by atoms with Crippen LogP contribution in [-0.4, -0.2) is 17.1 Å². The van der Waals surface area contributed by atoms with Gasteiger partial charge in [-0.3, -0.25) is 0 Å². The number of aryl methyl sites for hydroxylation is 1. The summed E-state index contributed by atoms with van der Waals surface area (Å²) >= 11 is 0. The van der Waals surface area contributed by atoms with Gasteiger partial charge in [-0.1, -0.05) is 25.8 Å². The molecule has 0 bridgehead atoms.